The molecule has 0 spiro atoms. The highest BCUT2D eigenvalue weighted by Crippen LogP contribution is 2.31. The Balaban J connectivity index is 2.43. The monoisotopic (exact) mass is 253 g/mol. The number of nitrogens with two attached hydrogens (primary N) is 1. The Morgan fingerprint density at radius 3 is 2.68 bits per heavy atom. The molecule has 0 aliphatic heterocycles. The number of rotatable bonds is 3. The molecule has 0 saturated carbocycles. The van der Waals surface area contributed by atoms with Gasteiger partial charge in [0, 0.05) is 18.8 Å². The summed E-state index contributed by atoms with van der Waals surface area (Å²) in [6, 6.07) is 15.0. The number of nitrogens with zero attached hydrogens (tertiary/aromatic N) is 2. The van der Waals surface area contributed by atoms with Crippen LogP contribution < -0.4 is 15.4 Å². The maximum atomic E-state index is 8.96. The standard InChI is InChI=1S/C15H15N3O/c1-18(12-4-3-5-13(9-12)19-2)15-8-11(10-16)6-7-14(15)17/h3-9H,17H2,1-2H3. The van der Waals surface area contributed by atoms with Gasteiger partial charge >= 0.3 is 0 Å². The van der Waals surface area contributed by atoms with E-state index in [-0.39, 0.29) is 0 Å². The molecule has 4 heteroatoms. The molecule has 19 heavy (non-hydrogen) atoms. The number of nitrogen functional groups attached to an aromatic ring is 1. The Kier molecular flexibility index (Phi) is 3.58. The first kappa shape index (κ1) is 12.8. The molecular weight excluding hydrogens is 238 g/mol. The lowest BCUT2D eigenvalue weighted by molar-refractivity contribution is 0.415. The van der Waals surface area contributed by atoms with Gasteiger partial charge in [-0.3, -0.25) is 0 Å². The van der Waals surface area contributed by atoms with Crippen LogP contribution >= 0.6 is 0 Å². The van der Waals surface area contributed by atoms with Crippen LogP contribution in [0.25, 0.3) is 0 Å². The number of anilines is 3. The SMILES string of the molecule is COc1cccc(N(C)c2cc(C#N)ccc2N)c1. The van der Waals surface area contributed by atoms with Gasteiger partial charge < -0.3 is 15.4 Å². The number of hydrogen-bond donors (Lipinski definition) is 1. The highest BCUT2D eigenvalue weighted by atomic mass is 16.5. The summed E-state index contributed by atoms with van der Waals surface area (Å²) in [7, 11) is 3.53. The fourth-order valence-electron chi connectivity index (χ4n) is 1.86. The molecule has 0 aromatic heterocycles. The summed E-state index contributed by atoms with van der Waals surface area (Å²) in [4.78, 5) is 1.93. The van der Waals surface area contributed by atoms with E-state index in [2.05, 4.69) is 6.07 Å². The van der Waals surface area contributed by atoms with E-state index < -0.39 is 0 Å². The highest BCUT2D eigenvalue weighted by Gasteiger charge is 2.09. The van der Waals surface area contributed by atoms with Gasteiger partial charge in [0.1, 0.15) is 5.75 Å². The van der Waals surface area contributed by atoms with E-state index in [1.54, 1.807) is 25.3 Å². The van der Waals surface area contributed by atoms with Gasteiger partial charge in [0.2, 0.25) is 0 Å². The molecule has 2 aromatic carbocycles. The summed E-state index contributed by atoms with van der Waals surface area (Å²) < 4.78 is 5.21. The molecule has 0 aliphatic carbocycles. The van der Waals surface area contributed by atoms with E-state index >= 15 is 0 Å². The minimum Gasteiger partial charge on any atom is -0.497 e. The normalized spacial score (nSPS) is 9.74. The number of benzene rings is 2. The summed E-state index contributed by atoms with van der Waals surface area (Å²) in [5, 5.41) is 8.96. The van der Waals surface area contributed by atoms with Crippen molar-refractivity contribution in [2.45, 2.75) is 0 Å². The predicted octanol–water partition coefficient (Wildman–Crippen LogP) is 2.92. The molecule has 2 aromatic rings. The van der Waals surface area contributed by atoms with Gasteiger partial charge in [-0.25, -0.2) is 0 Å². The smallest absolute Gasteiger partial charge is 0.120 e. The Bertz CT molecular complexity index is 632. The van der Waals surface area contributed by atoms with Crippen LogP contribution in [-0.4, -0.2) is 14.2 Å². The molecule has 0 bridgehead atoms. The highest BCUT2D eigenvalue weighted by molar-refractivity contribution is 5.76. The number of ether oxygens (including phenoxy) is 1. The van der Waals surface area contributed by atoms with Crippen molar-refractivity contribution in [1.82, 2.24) is 0 Å². The van der Waals surface area contributed by atoms with E-state index in [1.807, 2.05) is 36.2 Å². The maximum absolute atomic E-state index is 8.96. The third-order valence-corrected chi connectivity index (χ3v) is 2.96. The van der Waals surface area contributed by atoms with Gasteiger partial charge in [0.25, 0.3) is 0 Å². The van der Waals surface area contributed by atoms with Gasteiger partial charge in [0.05, 0.1) is 30.1 Å². The quantitative estimate of drug-likeness (QED) is 0.854. The van der Waals surface area contributed by atoms with Crippen molar-refractivity contribution < 1.29 is 4.74 Å². The Labute approximate surface area is 112 Å². The third-order valence-electron chi connectivity index (χ3n) is 2.96. The lowest BCUT2D eigenvalue weighted by Crippen LogP contribution is -2.11. The van der Waals surface area contributed by atoms with Gasteiger partial charge in [0.15, 0.2) is 0 Å². The fourth-order valence-corrected chi connectivity index (χ4v) is 1.86. The number of hydrogen-bond acceptors (Lipinski definition) is 4. The average Bonchev–Trinajstić information content (AvgIpc) is 2.47. The van der Waals surface area contributed by atoms with Crippen LogP contribution in [0.4, 0.5) is 17.1 Å². The first-order chi connectivity index (χ1) is 9.15. The molecule has 0 amide bonds. The summed E-state index contributed by atoms with van der Waals surface area (Å²) in [5.41, 5.74) is 8.93. The van der Waals surface area contributed by atoms with Crippen molar-refractivity contribution in [3.63, 3.8) is 0 Å². The van der Waals surface area contributed by atoms with Crippen LogP contribution in [0.3, 0.4) is 0 Å². The molecule has 0 heterocycles. The second-order valence-corrected chi connectivity index (χ2v) is 4.15. The van der Waals surface area contributed by atoms with Crippen molar-refractivity contribution in [3.05, 3.63) is 48.0 Å². The van der Waals surface area contributed by atoms with E-state index in [0.29, 0.717) is 11.3 Å². The second-order valence-electron chi connectivity index (χ2n) is 4.15. The molecule has 0 radical (unpaired) electrons. The van der Waals surface area contributed by atoms with Crippen LogP contribution in [0.1, 0.15) is 5.56 Å². The van der Waals surface area contributed by atoms with Gasteiger partial charge in [-0.1, -0.05) is 6.07 Å². The molecule has 0 aliphatic rings. The summed E-state index contributed by atoms with van der Waals surface area (Å²) >= 11 is 0. The van der Waals surface area contributed by atoms with Gasteiger partial charge in [-0.15, -0.1) is 0 Å². The Morgan fingerprint density at radius 1 is 1.21 bits per heavy atom. The first-order valence-corrected chi connectivity index (χ1v) is 5.83. The minimum absolute atomic E-state index is 0.582. The molecule has 2 N–H and O–H groups in total. The molecular formula is C15H15N3O. The van der Waals surface area contributed by atoms with Crippen molar-refractivity contribution in [2.24, 2.45) is 0 Å². The van der Waals surface area contributed by atoms with Crippen LogP contribution in [-0.2, 0) is 0 Å². The van der Waals surface area contributed by atoms with E-state index in [4.69, 9.17) is 15.7 Å². The minimum atomic E-state index is 0.582. The molecule has 2 rings (SSSR count). The molecule has 4 nitrogen and oxygen atoms in total. The average molecular weight is 253 g/mol. The molecule has 0 atom stereocenters. The van der Waals surface area contributed by atoms with Crippen LogP contribution in [0.15, 0.2) is 42.5 Å². The summed E-state index contributed by atoms with van der Waals surface area (Å²) in [6.07, 6.45) is 0. The molecule has 0 saturated heterocycles. The first-order valence-electron chi connectivity index (χ1n) is 5.83. The Morgan fingerprint density at radius 2 is 2.00 bits per heavy atom. The van der Waals surface area contributed by atoms with Crippen molar-refractivity contribution >= 4 is 17.1 Å². The lowest BCUT2D eigenvalue weighted by Gasteiger charge is -2.22. The van der Waals surface area contributed by atoms with Crippen LogP contribution in [0.5, 0.6) is 5.75 Å². The zero-order chi connectivity index (χ0) is 13.8. The van der Waals surface area contributed by atoms with E-state index in [0.717, 1.165) is 17.1 Å². The fraction of sp³-hybridized carbons (Fsp3) is 0.133. The van der Waals surface area contributed by atoms with Crippen molar-refractivity contribution in [2.75, 3.05) is 24.8 Å². The van der Waals surface area contributed by atoms with Gasteiger partial charge in [-0.05, 0) is 30.3 Å². The van der Waals surface area contributed by atoms with Crippen molar-refractivity contribution in [3.8, 4) is 11.8 Å². The number of nitriles is 1. The topological polar surface area (TPSA) is 62.3 Å². The molecule has 0 unspecified atom stereocenters. The zero-order valence-electron chi connectivity index (χ0n) is 10.9. The zero-order valence-corrected chi connectivity index (χ0v) is 10.9. The van der Waals surface area contributed by atoms with Gasteiger partial charge in [-0.2, -0.15) is 5.26 Å². The summed E-state index contributed by atoms with van der Waals surface area (Å²) in [5.74, 6) is 0.777. The largest absolute Gasteiger partial charge is 0.497 e. The Hall–Kier alpha value is -2.67. The van der Waals surface area contributed by atoms with Crippen LogP contribution in [0, 0.1) is 11.3 Å². The number of methoxy groups -OCH3 is 1. The van der Waals surface area contributed by atoms with E-state index in [9.17, 15) is 0 Å². The molecule has 0 fully saturated rings. The van der Waals surface area contributed by atoms with Crippen LogP contribution in [0.2, 0.25) is 0 Å². The molecule has 96 valence electrons. The lowest BCUT2D eigenvalue weighted by atomic mass is 10.1. The second kappa shape index (κ2) is 5.32. The summed E-state index contributed by atoms with van der Waals surface area (Å²) in [6.45, 7) is 0. The predicted molar refractivity (Wildman–Crippen MR) is 76.6 cm³/mol. The van der Waals surface area contributed by atoms with E-state index in [1.165, 1.54) is 0 Å². The van der Waals surface area contributed by atoms with Crippen molar-refractivity contribution in [1.29, 1.82) is 5.26 Å². The maximum Gasteiger partial charge on any atom is 0.120 e. The third kappa shape index (κ3) is 2.61.